The predicted octanol–water partition coefficient (Wildman–Crippen LogP) is -0.252. The van der Waals surface area contributed by atoms with Crippen LogP contribution < -0.4 is 16.4 Å². The molecule has 130 valence electrons. The lowest BCUT2D eigenvalue weighted by Gasteiger charge is -2.14. The number of carbonyl (C=O) groups excluding carboxylic acids is 3. The van der Waals surface area contributed by atoms with Crippen molar-refractivity contribution in [1.82, 2.24) is 10.6 Å². The van der Waals surface area contributed by atoms with Crippen LogP contribution in [-0.2, 0) is 25.7 Å². The third kappa shape index (κ3) is 7.78. The van der Waals surface area contributed by atoms with Gasteiger partial charge in [-0.1, -0.05) is 30.3 Å². The van der Waals surface area contributed by atoms with E-state index in [9.17, 15) is 19.2 Å². The lowest BCUT2D eigenvalue weighted by atomic mass is 10.1. The number of primary amides is 1. The zero-order valence-electron chi connectivity index (χ0n) is 12.9. The van der Waals surface area contributed by atoms with Crippen molar-refractivity contribution in [3.63, 3.8) is 0 Å². The normalized spacial score (nSPS) is 11.2. The van der Waals surface area contributed by atoms with Crippen LogP contribution in [0.3, 0.4) is 0 Å². The van der Waals surface area contributed by atoms with Crippen LogP contribution in [0.2, 0.25) is 0 Å². The first kappa shape index (κ1) is 18.9. The number of rotatable bonds is 9. The van der Waals surface area contributed by atoms with Crippen LogP contribution >= 0.6 is 0 Å². The average Bonchev–Trinajstić information content (AvgIpc) is 2.55. The number of carboxylic acid groups (broad SMARTS) is 1. The quantitative estimate of drug-likeness (QED) is 0.488. The van der Waals surface area contributed by atoms with E-state index in [4.69, 9.17) is 15.6 Å². The predicted molar refractivity (Wildman–Crippen MR) is 82.6 cm³/mol. The molecule has 9 heteroatoms. The Hall–Kier alpha value is -3.10. The van der Waals surface area contributed by atoms with Crippen LogP contribution in [0, 0.1) is 0 Å². The maximum atomic E-state index is 11.6. The van der Waals surface area contributed by atoms with Crippen molar-refractivity contribution in [3.05, 3.63) is 35.9 Å². The van der Waals surface area contributed by atoms with Crippen molar-refractivity contribution in [2.75, 3.05) is 6.54 Å². The largest absolute Gasteiger partial charge is 0.480 e. The summed E-state index contributed by atoms with van der Waals surface area (Å²) in [6, 6.07) is 7.70. The molecule has 0 spiro atoms. The number of nitrogens with two attached hydrogens (primary N) is 1. The van der Waals surface area contributed by atoms with Gasteiger partial charge in [-0.25, -0.2) is 9.59 Å². The lowest BCUT2D eigenvalue weighted by Crippen LogP contribution is -2.45. The number of alkyl carbamates (subject to hydrolysis) is 1. The van der Waals surface area contributed by atoms with E-state index in [1.165, 1.54) is 0 Å². The molecule has 0 aromatic heterocycles. The summed E-state index contributed by atoms with van der Waals surface area (Å²) in [6.07, 6.45) is -1.11. The minimum absolute atomic E-state index is 0.0463. The summed E-state index contributed by atoms with van der Waals surface area (Å²) in [7, 11) is 0. The molecule has 9 nitrogen and oxygen atoms in total. The van der Waals surface area contributed by atoms with Crippen LogP contribution in [0.15, 0.2) is 30.3 Å². The number of carboxylic acids is 1. The summed E-state index contributed by atoms with van der Waals surface area (Å²) < 4.78 is 4.90. The second-order valence-electron chi connectivity index (χ2n) is 4.88. The molecule has 1 aromatic rings. The molecule has 0 heterocycles. The van der Waals surface area contributed by atoms with Gasteiger partial charge in [-0.05, 0) is 12.0 Å². The molecule has 0 fully saturated rings. The molecule has 0 aliphatic carbocycles. The zero-order valence-corrected chi connectivity index (χ0v) is 12.9. The molecule has 1 aromatic carbocycles. The molecular weight excluding hydrogens is 318 g/mol. The highest BCUT2D eigenvalue weighted by molar-refractivity contribution is 5.87. The van der Waals surface area contributed by atoms with Crippen molar-refractivity contribution in [1.29, 1.82) is 0 Å². The summed E-state index contributed by atoms with van der Waals surface area (Å²) in [5.74, 6) is -2.68. The zero-order chi connectivity index (χ0) is 17.9. The summed E-state index contributed by atoms with van der Waals surface area (Å²) in [5, 5.41) is 13.3. The van der Waals surface area contributed by atoms with Crippen LogP contribution in [-0.4, -0.2) is 41.6 Å². The third-order valence-electron chi connectivity index (χ3n) is 2.92. The van der Waals surface area contributed by atoms with Gasteiger partial charge in [-0.3, -0.25) is 9.59 Å². The summed E-state index contributed by atoms with van der Waals surface area (Å²) in [4.78, 5) is 44.7. The van der Waals surface area contributed by atoms with E-state index in [-0.39, 0.29) is 19.4 Å². The summed E-state index contributed by atoms with van der Waals surface area (Å²) in [5.41, 5.74) is 5.72. The van der Waals surface area contributed by atoms with Gasteiger partial charge in [0.1, 0.15) is 19.2 Å². The monoisotopic (exact) mass is 337 g/mol. The molecule has 0 aliphatic heterocycles. The van der Waals surface area contributed by atoms with Crippen LogP contribution in [0.1, 0.15) is 18.4 Å². The summed E-state index contributed by atoms with van der Waals surface area (Å²) in [6.45, 7) is -0.404. The first-order chi connectivity index (χ1) is 11.4. The van der Waals surface area contributed by atoms with Crippen molar-refractivity contribution in [2.24, 2.45) is 5.73 Å². The molecule has 0 saturated carbocycles. The van der Waals surface area contributed by atoms with E-state index in [1.54, 1.807) is 24.3 Å². The van der Waals surface area contributed by atoms with E-state index in [1.807, 2.05) is 6.07 Å². The topological polar surface area (TPSA) is 148 Å². The molecule has 1 rings (SSSR count). The number of ether oxygens (including phenoxy) is 1. The molecule has 1 atom stereocenters. The highest BCUT2D eigenvalue weighted by atomic mass is 16.5. The maximum Gasteiger partial charge on any atom is 0.407 e. The van der Waals surface area contributed by atoms with Gasteiger partial charge in [0.25, 0.3) is 0 Å². The molecule has 5 N–H and O–H groups in total. The van der Waals surface area contributed by atoms with Gasteiger partial charge in [0.2, 0.25) is 11.8 Å². The number of hydrogen-bond acceptors (Lipinski definition) is 5. The highest BCUT2D eigenvalue weighted by Gasteiger charge is 2.20. The Labute approximate surface area is 138 Å². The number of carbonyl (C=O) groups is 4. The first-order valence-corrected chi connectivity index (χ1v) is 7.13. The Morgan fingerprint density at radius 3 is 2.42 bits per heavy atom. The van der Waals surface area contributed by atoms with Crippen LogP contribution in [0.5, 0.6) is 0 Å². The van der Waals surface area contributed by atoms with Gasteiger partial charge < -0.3 is 26.2 Å². The smallest absolute Gasteiger partial charge is 0.407 e. The molecule has 3 amide bonds. The van der Waals surface area contributed by atoms with E-state index in [2.05, 4.69) is 10.6 Å². The minimum atomic E-state index is -1.30. The highest BCUT2D eigenvalue weighted by Crippen LogP contribution is 2.00. The lowest BCUT2D eigenvalue weighted by molar-refractivity contribution is -0.142. The van der Waals surface area contributed by atoms with Gasteiger partial charge >= 0.3 is 12.1 Å². The van der Waals surface area contributed by atoms with Crippen molar-refractivity contribution in [2.45, 2.75) is 25.5 Å². The second-order valence-corrected chi connectivity index (χ2v) is 4.88. The molecule has 24 heavy (non-hydrogen) atoms. The third-order valence-corrected chi connectivity index (χ3v) is 2.92. The van der Waals surface area contributed by atoms with Gasteiger partial charge in [-0.15, -0.1) is 0 Å². The van der Waals surface area contributed by atoms with E-state index < -0.39 is 36.5 Å². The van der Waals surface area contributed by atoms with Crippen molar-refractivity contribution < 1.29 is 29.0 Å². The van der Waals surface area contributed by atoms with E-state index in [0.29, 0.717) is 0 Å². The molecule has 0 aliphatic rings. The first-order valence-electron chi connectivity index (χ1n) is 7.13. The second kappa shape index (κ2) is 9.82. The molecule has 0 radical (unpaired) electrons. The van der Waals surface area contributed by atoms with Crippen LogP contribution in [0.25, 0.3) is 0 Å². The molecule has 0 bridgehead atoms. The standard InChI is InChI=1S/C15H19N3O6/c16-12(19)7-6-11(14(21)22)18-13(20)8-17-15(23)24-9-10-4-2-1-3-5-10/h1-5,11H,6-9H2,(H2,16,19)(H,17,23)(H,18,20)(H,21,22)/t11-/m1/s1. The fourth-order valence-corrected chi connectivity index (χ4v) is 1.72. The molecule has 0 saturated heterocycles. The van der Waals surface area contributed by atoms with Crippen molar-refractivity contribution in [3.8, 4) is 0 Å². The van der Waals surface area contributed by atoms with Gasteiger partial charge in [0.05, 0.1) is 0 Å². The van der Waals surface area contributed by atoms with Crippen LogP contribution in [0.4, 0.5) is 4.79 Å². The maximum absolute atomic E-state index is 11.6. The number of benzene rings is 1. The number of hydrogen-bond donors (Lipinski definition) is 4. The number of aliphatic carboxylic acids is 1. The van der Waals surface area contributed by atoms with E-state index in [0.717, 1.165) is 5.56 Å². The Kier molecular flexibility index (Phi) is 7.76. The Bertz CT molecular complexity index is 590. The Morgan fingerprint density at radius 1 is 1.17 bits per heavy atom. The van der Waals surface area contributed by atoms with Crippen molar-refractivity contribution >= 4 is 23.9 Å². The number of amides is 3. The summed E-state index contributed by atoms with van der Waals surface area (Å²) >= 11 is 0. The number of nitrogens with one attached hydrogen (secondary N) is 2. The molecular formula is C15H19N3O6. The fraction of sp³-hybridized carbons (Fsp3) is 0.333. The Morgan fingerprint density at radius 2 is 1.83 bits per heavy atom. The fourth-order valence-electron chi connectivity index (χ4n) is 1.72. The molecule has 0 unspecified atom stereocenters. The van der Waals surface area contributed by atoms with E-state index >= 15 is 0 Å². The van der Waals surface area contributed by atoms with Gasteiger partial charge in [-0.2, -0.15) is 0 Å². The SMILES string of the molecule is NC(=O)CC[C@@H](NC(=O)CNC(=O)OCc1ccccc1)C(=O)O. The van der Waals surface area contributed by atoms with Gasteiger partial charge in [0.15, 0.2) is 0 Å². The Balaban J connectivity index is 2.31. The van der Waals surface area contributed by atoms with Gasteiger partial charge in [0, 0.05) is 6.42 Å². The average molecular weight is 337 g/mol. The minimum Gasteiger partial charge on any atom is -0.480 e.